The smallest absolute Gasteiger partial charge is 0.438 e. The molecule has 2 aromatic rings. The zero-order valence-electron chi connectivity index (χ0n) is 17.1. The van der Waals surface area contributed by atoms with Crippen molar-refractivity contribution in [3.8, 4) is 11.5 Å². The van der Waals surface area contributed by atoms with Crippen LogP contribution in [-0.4, -0.2) is 62.1 Å². The van der Waals surface area contributed by atoms with Crippen LogP contribution in [0.5, 0.6) is 11.5 Å². The SMILES string of the molecule is FC(F)(F)S(Br)(CCCN1CCN(c2cccc3c2OCCO3)CC1)c1ccccc1. The maximum absolute atomic E-state index is 13.9. The number of benzene rings is 2. The van der Waals surface area contributed by atoms with Crippen LogP contribution < -0.4 is 14.4 Å². The molecule has 0 bridgehead atoms. The highest BCUT2D eigenvalue weighted by molar-refractivity contribution is 9.58. The first-order chi connectivity index (χ1) is 14.9. The number of alkyl halides is 3. The standard InChI is InChI=1S/C22H26BrF3N2O2S/c23-31(22(24,25)26,18-6-2-1-3-7-18)17-5-10-27-11-13-28(14-12-27)19-8-4-9-20-21(19)30-16-15-29-20/h1-4,6-9H,5,10-17H2. The molecular formula is C22H26BrF3N2O2S. The lowest BCUT2D eigenvalue weighted by atomic mass is 10.2. The fourth-order valence-electron chi connectivity index (χ4n) is 4.01. The Morgan fingerprint density at radius 2 is 1.61 bits per heavy atom. The van der Waals surface area contributed by atoms with Crippen molar-refractivity contribution in [1.29, 1.82) is 0 Å². The van der Waals surface area contributed by atoms with Crippen LogP contribution in [0.4, 0.5) is 18.9 Å². The highest BCUT2D eigenvalue weighted by Crippen LogP contribution is 2.73. The number of hydrogen-bond acceptors (Lipinski definition) is 4. The van der Waals surface area contributed by atoms with Gasteiger partial charge in [-0.15, -0.1) is 0 Å². The minimum Gasteiger partial charge on any atom is -0.486 e. The van der Waals surface area contributed by atoms with Crippen molar-refractivity contribution in [2.24, 2.45) is 0 Å². The number of piperazine rings is 1. The van der Waals surface area contributed by atoms with E-state index in [0.717, 1.165) is 43.4 Å². The monoisotopic (exact) mass is 518 g/mol. The first kappa shape index (κ1) is 22.6. The first-order valence-corrected chi connectivity index (χ1v) is 14.0. The van der Waals surface area contributed by atoms with Crippen molar-refractivity contribution in [1.82, 2.24) is 4.90 Å². The van der Waals surface area contributed by atoms with Crippen LogP contribution in [0.3, 0.4) is 0 Å². The van der Waals surface area contributed by atoms with Crippen molar-refractivity contribution in [2.75, 3.05) is 56.6 Å². The zero-order chi connectivity index (χ0) is 21.9. The van der Waals surface area contributed by atoms with Crippen molar-refractivity contribution in [3.05, 3.63) is 48.5 Å². The molecule has 1 unspecified atom stereocenters. The number of halogens is 4. The van der Waals surface area contributed by atoms with Gasteiger partial charge in [0, 0.05) is 31.1 Å². The van der Waals surface area contributed by atoms with Crippen molar-refractivity contribution < 1.29 is 22.6 Å². The third kappa shape index (κ3) is 4.93. The summed E-state index contributed by atoms with van der Waals surface area (Å²) >= 11 is 3.12. The number of fused-ring (bicyclic) bond motifs is 1. The molecule has 1 fully saturated rings. The molecule has 2 aromatic carbocycles. The van der Waals surface area contributed by atoms with Gasteiger partial charge >= 0.3 is 5.51 Å². The number of rotatable bonds is 6. The molecule has 2 aliphatic heterocycles. The van der Waals surface area contributed by atoms with Crippen molar-refractivity contribution >= 4 is 29.0 Å². The van der Waals surface area contributed by atoms with E-state index in [4.69, 9.17) is 9.47 Å². The average Bonchev–Trinajstić information content (AvgIpc) is 2.79. The predicted octanol–water partition coefficient (Wildman–Crippen LogP) is 5.66. The van der Waals surface area contributed by atoms with Gasteiger partial charge in [0.2, 0.25) is 0 Å². The highest BCUT2D eigenvalue weighted by Gasteiger charge is 2.49. The summed E-state index contributed by atoms with van der Waals surface area (Å²) in [6.45, 7) is 5.00. The number of nitrogens with zero attached hydrogens (tertiary/aromatic N) is 2. The van der Waals surface area contributed by atoms with E-state index in [-0.39, 0.29) is 5.75 Å². The van der Waals surface area contributed by atoms with E-state index in [2.05, 4.69) is 24.6 Å². The Balaban J connectivity index is 1.33. The van der Waals surface area contributed by atoms with E-state index in [9.17, 15) is 13.2 Å². The summed E-state index contributed by atoms with van der Waals surface area (Å²) in [5.41, 5.74) is -3.25. The summed E-state index contributed by atoms with van der Waals surface area (Å²) in [5, 5.41) is 0. The normalized spacial score (nSPS) is 20.2. The fraction of sp³-hybridized carbons (Fsp3) is 0.455. The summed E-state index contributed by atoms with van der Waals surface area (Å²) in [4.78, 5) is 4.85. The molecule has 1 atom stereocenters. The number of anilines is 1. The van der Waals surface area contributed by atoms with Crippen LogP contribution in [0.2, 0.25) is 0 Å². The third-order valence-electron chi connectivity index (χ3n) is 5.64. The number of hydrogen-bond donors (Lipinski definition) is 0. The summed E-state index contributed by atoms with van der Waals surface area (Å²) in [6.07, 6.45) is 0.493. The molecule has 2 aliphatic rings. The van der Waals surface area contributed by atoms with Crippen LogP contribution in [0.15, 0.2) is 53.4 Å². The molecule has 31 heavy (non-hydrogen) atoms. The maximum atomic E-state index is 13.9. The second-order valence-corrected chi connectivity index (χ2v) is 13.6. The van der Waals surface area contributed by atoms with Gasteiger partial charge in [-0.1, -0.05) is 32.7 Å². The van der Waals surface area contributed by atoms with Gasteiger partial charge in [0.1, 0.15) is 13.2 Å². The van der Waals surface area contributed by atoms with Crippen LogP contribution in [0.25, 0.3) is 0 Å². The molecule has 9 heteroatoms. The molecule has 0 spiro atoms. The molecule has 4 rings (SSSR count). The van der Waals surface area contributed by atoms with Gasteiger partial charge < -0.3 is 14.4 Å². The average molecular weight is 519 g/mol. The molecule has 0 radical (unpaired) electrons. The summed E-state index contributed by atoms with van der Waals surface area (Å²) < 4.78 is 53.1. The second-order valence-electron chi connectivity index (χ2n) is 7.60. The Hall–Kier alpha value is -1.58. The lowest BCUT2D eigenvalue weighted by Crippen LogP contribution is -2.47. The largest absolute Gasteiger partial charge is 0.486 e. The summed E-state index contributed by atoms with van der Waals surface area (Å²) in [6, 6.07) is 14.1. The van der Waals surface area contributed by atoms with Crippen molar-refractivity contribution in [3.63, 3.8) is 0 Å². The van der Waals surface area contributed by atoms with E-state index in [1.165, 1.54) is 0 Å². The predicted molar refractivity (Wildman–Crippen MR) is 123 cm³/mol. The first-order valence-electron chi connectivity index (χ1n) is 10.4. The van der Waals surface area contributed by atoms with Gasteiger partial charge in [-0.25, -0.2) is 0 Å². The van der Waals surface area contributed by atoms with Gasteiger partial charge in [0.05, 0.1) is 5.69 Å². The molecular weight excluding hydrogens is 493 g/mol. The molecule has 0 aliphatic carbocycles. The van der Waals surface area contributed by atoms with Crippen LogP contribution >= 0.6 is 23.3 Å². The van der Waals surface area contributed by atoms with E-state index >= 15 is 0 Å². The minimum absolute atomic E-state index is 0.0814. The lowest BCUT2D eigenvalue weighted by molar-refractivity contribution is -0.0363. The third-order valence-corrected chi connectivity index (χ3v) is 11.4. The van der Waals surface area contributed by atoms with E-state index < -0.39 is 14.0 Å². The molecule has 0 aromatic heterocycles. The Bertz CT molecular complexity index is 879. The highest BCUT2D eigenvalue weighted by atomic mass is 79.9. The maximum Gasteiger partial charge on any atom is 0.438 e. The van der Waals surface area contributed by atoms with E-state index in [1.54, 1.807) is 30.3 Å². The molecule has 2 heterocycles. The lowest BCUT2D eigenvalue weighted by Gasteiger charge is -2.39. The van der Waals surface area contributed by atoms with Crippen LogP contribution in [0.1, 0.15) is 6.42 Å². The molecule has 4 nitrogen and oxygen atoms in total. The fourth-order valence-corrected chi connectivity index (χ4v) is 7.19. The van der Waals surface area contributed by atoms with Crippen LogP contribution in [0, 0.1) is 0 Å². The van der Waals surface area contributed by atoms with Gasteiger partial charge in [-0.3, -0.25) is 4.90 Å². The Labute approximate surface area is 189 Å². The zero-order valence-corrected chi connectivity index (χ0v) is 19.5. The van der Waals surface area contributed by atoms with E-state index in [1.807, 2.05) is 18.2 Å². The number of para-hydroxylation sites is 1. The van der Waals surface area contributed by atoms with Crippen LogP contribution in [-0.2, 0) is 0 Å². The second kappa shape index (κ2) is 9.50. The number of ether oxygens (including phenoxy) is 2. The minimum atomic E-state index is -4.28. The van der Waals surface area contributed by atoms with E-state index in [0.29, 0.717) is 31.1 Å². The summed E-state index contributed by atoms with van der Waals surface area (Å²) in [5.74, 6) is 1.65. The summed E-state index contributed by atoms with van der Waals surface area (Å²) in [7, 11) is -3.05. The molecule has 0 saturated carbocycles. The van der Waals surface area contributed by atoms with Gasteiger partial charge in [-0.2, -0.15) is 13.2 Å². The Morgan fingerprint density at radius 1 is 0.903 bits per heavy atom. The van der Waals surface area contributed by atoms with Gasteiger partial charge in [0.25, 0.3) is 0 Å². The molecule has 0 N–H and O–H groups in total. The molecule has 1 saturated heterocycles. The van der Waals surface area contributed by atoms with Gasteiger partial charge in [0.15, 0.2) is 11.5 Å². The molecule has 0 amide bonds. The van der Waals surface area contributed by atoms with Crippen molar-refractivity contribution in [2.45, 2.75) is 16.8 Å². The van der Waals surface area contributed by atoms with Gasteiger partial charge in [-0.05, 0) is 57.8 Å². The quantitative estimate of drug-likeness (QED) is 0.492. The topological polar surface area (TPSA) is 24.9 Å². The Morgan fingerprint density at radius 3 is 2.32 bits per heavy atom. The molecule has 170 valence electrons. The Kier molecular flexibility index (Phi) is 6.93.